The normalized spacial score (nSPS) is 10.7. The Labute approximate surface area is 143 Å². The zero-order valence-electron chi connectivity index (χ0n) is 12.3. The van der Waals surface area contributed by atoms with Crippen molar-refractivity contribution in [3.63, 3.8) is 0 Å². The Morgan fingerprint density at radius 1 is 1.25 bits per heavy atom. The van der Waals surface area contributed by atoms with E-state index >= 15 is 0 Å². The van der Waals surface area contributed by atoms with Crippen LogP contribution in [-0.2, 0) is 6.54 Å². The lowest BCUT2D eigenvalue weighted by atomic mass is 10.2. The lowest BCUT2D eigenvalue weighted by Gasteiger charge is -2.10. The molecule has 0 atom stereocenters. The fourth-order valence-corrected chi connectivity index (χ4v) is 1.82. The molecule has 0 aromatic heterocycles. The molecule has 0 aliphatic carbocycles. The average molecular weight is 409 g/mol. The lowest BCUT2D eigenvalue weighted by Crippen LogP contribution is -2.38. The van der Waals surface area contributed by atoms with E-state index in [4.69, 9.17) is 4.74 Å². The first kappa shape index (κ1) is 19.4. The number of hydrogen-bond donors (Lipinski definition) is 2. The number of hydrogen-bond acceptors (Lipinski definition) is 3. The minimum absolute atomic E-state index is 0. The van der Waals surface area contributed by atoms with Crippen LogP contribution in [0.2, 0.25) is 0 Å². The lowest BCUT2D eigenvalue weighted by molar-refractivity contribution is 0.414. The van der Waals surface area contributed by atoms with E-state index in [2.05, 4.69) is 28.8 Å². The van der Waals surface area contributed by atoms with E-state index < -0.39 is 0 Å². The van der Waals surface area contributed by atoms with Crippen molar-refractivity contribution in [1.82, 2.24) is 10.6 Å². The van der Waals surface area contributed by atoms with Gasteiger partial charge in [0.05, 0.1) is 13.7 Å². The fourth-order valence-electron chi connectivity index (χ4n) is 1.51. The molecular weight excluding hydrogens is 385 g/mol. The number of ether oxygens (including phenoxy) is 1. The molecule has 2 N–H and O–H groups in total. The topological polar surface area (TPSA) is 45.7 Å². The van der Waals surface area contributed by atoms with Gasteiger partial charge in [-0.15, -0.1) is 24.0 Å². The summed E-state index contributed by atoms with van der Waals surface area (Å²) in [6, 6.07) is 7.99. The van der Waals surface area contributed by atoms with E-state index in [0.717, 1.165) is 30.6 Å². The van der Waals surface area contributed by atoms with Crippen molar-refractivity contribution in [3.8, 4) is 5.75 Å². The number of rotatable bonds is 7. The van der Waals surface area contributed by atoms with Gasteiger partial charge in [-0.25, -0.2) is 4.99 Å². The number of methoxy groups -OCH3 is 1. The number of halogens is 1. The van der Waals surface area contributed by atoms with Crippen LogP contribution in [0.25, 0.3) is 0 Å². The van der Waals surface area contributed by atoms with Gasteiger partial charge >= 0.3 is 0 Å². The van der Waals surface area contributed by atoms with E-state index in [1.807, 2.05) is 36.0 Å². The Bertz CT molecular complexity index is 385. The van der Waals surface area contributed by atoms with E-state index in [1.165, 1.54) is 5.56 Å². The second-order valence-electron chi connectivity index (χ2n) is 3.96. The number of benzene rings is 1. The number of nitrogens with one attached hydrogen (secondary N) is 2. The highest BCUT2D eigenvalue weighted by Gasteiger charge is 1.97. The predicted octanol–water partition coefficient (Wildman–Crippen LogP) is 2.73. The summed E-state index contributed by atoms with van der Waals surface area (Å²) < 4.78 is 5.14. The maximum atomic E-state index is 5.14. The molecule has 0 saturated carbocycles. The standard InChI is InChI=1S/C14H23N3OS.HI/c1-4-15-14(16-9-10-19-3)17-11-12-5-7-13(18-2)8-6-12;/h5-8H,4,9-11H2,1-3H3,(H2,15,16,17);1H. The van der Waals surface area contributed by atoms with Crippen molar-refractivity contribution in [3.05, 3.63) is 29.8 Å². The third-order valence-corrected chi connectivity index (χ3v) is 3.13. The molecule has 0 aliphatic heterocycles. The summed E-state index contributed by atoms with van der Waals surface area (Å²) in [5.74, 6) is 2.82. The fraction of sp³-hybridized carbons (Fsp3) is 0.500. The molecule has 0 fully saturated rings. The van der Waals surface area contributed by atoms with Crippen LogP contribution in [0.3, 0.4) is 0 Å². The zero-order valence-corrected chi connectivity index (χ0v) is 15.5. The van der Waals surface area contributed by atoms with Crippen molar-refractivity contribution >= 4 is 41.7 Å². The van der Waals surface area contributed by atoms with Crippen molar-refractivity contribution in [1.29, 1.82) is 0 Å². The summed E-state index contributed by atoms with van der Waals surface area (Å²) in [6.07, 6.45) is 2.10. The third-order valence-electron chi connectivity index (χ3n) is 2.52. The maximum Gasteiger partial charge on any atom is 0.191 e. The van der Waals surface area contributed by atoms with Gasteiger partial charge < -0.3 is 15.4 Å². The summed E-state index contributed by atoms with van der Waals surface area (Å²) in [5.41, 5.74) is 1.17. The SMILES string of the molecule is CCNC(=NCc1ccc(OC)cc1)NCCSC.I. The van der Waals surface area contributed by atoms with Crippen LogP contribution in [0.15, 0.2) is 29.3 Å². The summed E-state index contributed by atoms with van der Waals surface area (Å²) in [6.45, 7) is 4.53. The van der Waals surface area contributed by atoms with E-state index in [0.29, 0.717) is 6.54 Å². The first-order valence-corrected chi connectivity index (χ1v) is 7.83. The van der Waals surface area contributed by atoms with Gasteiger partial charge in [0, 0.05) is 18.8 Å². The molecule has 4 nitrogen and oxygen atoms in total. The molecule has 1 aromatic carbocycles. The highest BCUT2D eigenvalue weighted by Crippen LogP contribution is 2.11. The molecule has 0 unspecified atom stereocenters. The highest BCUT2D eigenvalue weighted by molar-refractivity contribution is 14.0. The molecule has 1 rings (SSSR count). The molecular formula is C14H24IN3OS. The molecule has 114 valence electrons. The molecule has 0 saturated heterocycles. The zero-order chi connectivity index (χ0) is 13.9. The third kappa shape index (κ3) is 7.84. The van der Waals surface area contributed by atoms with Gasteiger partial charge in [-0.05, 0) is 30.9 Å². The molecule has 0 bridgehead atoms. The van der Waals surface area contributed by atoms with Crippen LogP contribution in [0, 0.1) is 0 Å². The van der Waals surface area contributed by atoms with Crippen LogP contribution in [-0.4, -0.2) is 38.2 Å². The summed E-state index contributed by atoms with van der Waals surface area (Å²) in [5, 5.41) is 6.55. The van der Waals surface area contributed by atoms with Gasteiger partial charge in [-0.3, -0.25) is 0 Å². The maximum absolute atomic E-state index is 5.14. The van der Waals surface area contributed by atoms with Crippen LogP contribution < -0.4 is 15.4 Å². The van der Waals surface area contributed by atoms with Gasteiger partial charge in [-0.2, -0.15) is 11.8 Å². The van der Waals surface area contributed by atoms with E-state index in [1.54, 1.807) is 7.11 Å². The van der Waals surface area contributed by atoms with Crippen molar-refractivity contribution in [2.45, 2.75) is 13.5 Å². The first-order chi connectivity index (χ1) is 9.30. The Morgan fingerprint density at radius 3 is 2.50 bits per heavy atom. The number of nitrogens with zero attached hydrogens (tertiary/aromatic N) is 1. The van der Waals surface area contributed by atoms with Crippen molar-refractivity contribution < 1.29 is 4.74 Å². The van der Waals surface area contributed by atoms with Gasteiger partial charge in [0.2, 0.25) is 0 Å². The molecule has 0 spiro atoms. The molecule has 0 radical (unpaired) electrons. The minimum atomic E-state index is 0. The predicted molar refractivity (Wildman–Crippen MR) is 99.6 cm³/mol. The van der Waals surface area contributed by atoms with Crippen molar-refractivity contribution in [2.24, 2.45) is 4.99 Å². The van der Waals surface area contributed by atoms with Crippen LogP contribution in [0.4, 0.5) is 0 Å². The smallest absolute Gasteiger partial charge is 0.191 e. The minimum Gasteiger partial charge on any atom is -0.497 e. The molecule has 1 aromatic rings. The largest absolute Gasteiger partial charge is 0.497 e. The van der Waals surface area contributed by atoms with Gasteiger partial charge in [0.15, 0.2) is 5.96 Å². The molecule has 6 heteroatoms. The number of guanidine groups is 1. The molecule has 0 aliphatic rings. The average Bonchev–Trinajstić information content (AvgIpc) is 2.45. The Hall–Kier alpha value is -0.630. The summed E-state index contributed by atoms with van der Waals surface area (Å²) in [4.78, 5) is 4.56. The second kappa shape index (κ2) is 12.1. The molecule has 20 heavy (non-hydrogen) atoms. The summed E-state index contributed by atoms with van der Waals surface area (Å²) in [7, 11) is 1.67. The van der Waals surface area contributed by atoms with Crippen molar-refractivity contribution in [2.75, 3.05) is 32.2 Å². The van der Waals surface area contributed by atoms with Crippen LogP contribution in [0.5, 0.6) is 5.75 Å². The van der Waals surface area contributed by atoms with Crippen LogP contribution >= 0.6 is 35.7 Å². The monoisotopic (exact) mass is 409 g/mol. The second-order valence-corrected chi connectivity index (χ2v) is 4.95. The van der Waals surface area contributed by atoms with Gasteiger partial charge in [0.1, 0.15) is 5.75 Å². The summed E-state index contributed by atoms with van der Waals surface area (Å²) >= 11 is 1.82. The Kier molecular flexibility index (Phi) is 11.8. The van der Waals surface area contributed by atoms with E-state index in [9.17, 15) is 0 Å². The Balaban J connectivity index is 0.00000361. The number of aliphatic imine (C=N–C) groups is 1. The first-order valence-electron chi connectivity index (χ1n) is 6.44. The quantitative estimate of drug-likeness (QED) is 0.315. The molecule has 0 heterocycles. The number of thioether (sulfide) groups is 1. The van der Waals surface area contributed by atoms with E-state index in [-0.39, 0.29) is 24.0 Å². The highest BCUT2D eigenvalue weighted by atomic mass is 127. The Morgan fingerprint density at radius 2 is 1.95 bits per heavy atom. The van der Waals surface area contributed by atoms with Crippen LogP contribution in [0.1, 0.15) is 12.5 Å². The van der Waals surface area contributed by atoms with Gasteiger partial charge in [0.25, 0.3) is 0 Å². The molecule has 0 amide bonds. The van der Waals surface area contributed by atoms with Gasteiger partial charge in [-0.1, -0.05) is 12.1 Å².